The molecule has 6 nitrogen and oxygen atoms in total. The van der Waals surface area contributed by atoms with Crippen molar-refractivity contribution in [3.63, 3.8) is 0 Å². The Bertz CT molecular complexity index is 265. The van der Waals surface area contributed by atoms with E-state index in [1.165, 1.54) is 7.05 Å². The molecule has 0 heterocycles. The van der Waals surface area contributed by atoms with Crippen molar-refractivity contribution in [2.24, 2.45) is 5.92 Å². The summed E-state index contributed by atoms with van der Waals surface area (Å²) >= 11 is 0. The van der Waals surface area contributed by atoms with Crippen LogP contribution >= 0.6 is 0 Å². The Hall–Kier alpha value is -1.59. The summed E-state index contributed by atoms with van der Waals surface area (Å²) in [7, 11) is 1.48. The number of hydrogen-bond donors (Lipinski definition) is 3. The standard InChI is InChI=1S/C7H15NO.C5H9NO3/c1-6(2)4-5-8-7(3)9;1-6-4(7)2-3-5(8)9/h6H,4-5H2,1-3H3,(H,8,9);2-3H2,1H3,(H,6,7)(H,8,9). The van der Waals surface area contributed by atoms with Crippen molar-refractivity contribution in [2.75, 3.05) is 13.6 Å². The van der Waals surface area contributed by atoms with Crippen molar-refractivity contribution in [1.82, 2.24) is 10.6 Å². The molecule has 0 aromatic rings. The Labute approximate surface area is 108 Å². The van der Waals surface area contributed by atoms with Gasteiger partial charge in [-0.25, -0.2) is 0 Å². The fraction of sp³-hybridized carbons (Fsp3) is 0.750. The lowest BCUT2D eigenvalue weighted by atomic mass is 10.1. The van der Waals surface area contributed by atoms with E-state index in [1.54, 1.807) is 6.92 Å². The zero-order valence-corrected chi connectivity index (χ0v) is 11.6. The molecule has 0 saturated heterocycles. The minimum atomic E-state index is -0.946. The Morgan fingerprint density at radius 3 is 2.06 bits per heavy atom. The SMILES string of the molecule is CC(=O)NCCC(C)C.CNC(=O)CCC(=O)O. The van der Waals surface area contributed by atoms with E-state index < -0.39 is 5.97 Å². The normalized spacial score (nSPS) is 9.17. The Morgan fingerprint density at radius 1 is 1.17 bits per heavy atom. The van der Waals surface area contributed by atoms with Crippen molar-refractivity contribution in [3.05, 3.63) is 0 Å². The average Bonchev–Trinajstić information content (AvgIpc) is 2.25. The number of amides is 2. The van der Waals surface area contributed by atoms with E-state index in [0.29, 0.717) is 5.92 Å². The van der Waals surface area contributed by atoms with Crippen LogP contribution in [-0.2, 0) is 14.4 Å². The number of carbonyl (C=O) groups is 3. The molecule has 6 heteroatoms. The summed E-state index contributed by atoms with van der Waals surface area (Å²) < 4.78 is 0. The number of nitrogens with one attached hydrogen (secondary N) is 2. The van der Waals surface area contributed by atoms with Crippen LogP contribution in [0.15, 0.2) is 0 Å². The number of carboxylic acid groups (broad SMARTS) is 1. The topological polar surface area (TPSA) is 95.5 Å². The molecule has 0 aliphatic rings. The zero-order valence-electron chi connectivity index (χ0n) is 11.6. The van der Waals surface area contributed by atoms with Gasteiger partial charge in [0.15, 0.2) is 0 Å². The third kappa shape index (κ3) is 19.9. The number of hydrogen-bond acceptors (Lipinski definition) is 3. The van der Waals surface area contributed by atoms with Gasteiger partial charge in [0.25, 0.3) is 0 Å². The maximum atomic E-state index is 10.3. The zero-order chi connectivity index (χ0) is 14.6. The van der Waals surface area contributed by atoms with Gasteiger partial charge in [-0.1, -0.05) is 13.8 Å². The smallest absolute Gasteiger partial charge is 0.303 e. The van der Waals surface area contributed by atoms with Crippen molar-refractivity contribution in [2.45, 2.75) is 40.0 Å². The average molecular weight is 260 g/mol. The number of aliphatic carboxylic acids is 1. The summed E-state index contributed by atoms with van der Waals surface area (Å²) in [6.07, 6.45) is 1.03. The maximum Gasteiger partial charge on any atom is 0.303 e. The van der Waals surface area contributed by atoms with Gasteiger partial charge in [0, 0.05) is 26.9 Å². The Kier molecular flexibility index (Phi) is 12.4. The summed E-state index contributed by atoms with van der Waals surface area (Å²) in [5.74, 6) is -0.441. The molecule has 3 N–H and O–H groups in total. The number of rotatable bonds is 6. The van der Waals surface area contributed by atoms with Gasteiger partial charge in [-0.05, 0) is 12.3 Å². The predicted octanol–water partition coefficient (Wildman–Crippen LogP) is 0.766. The molecule has 0 rings (SSSR count). The molecule has 2 amide bonds. The molecule has 0 saturated carbocycles. The van der Waals surface area contributed by atoms with Crippen LogP contribution in [0.4, 0.5) is 0 Å². The molecule has 18 heavy (non-hydrogen) atoms. The van der Waals surface area contributed by atoms with Gasteiger partial charge >= 0.3 is 5.97 Å². The minimum absolute atomic E-state index is 0.0613. The first-order chi connectivity index (χ1) is 8.29. The molecule has 0 radical (unpaired) electrons. The van der Waals surface area contributed by atoms with Gasteiger partial charge in [0.1, 0.15) is 0 Å². The summed E-state index contributed by atoms with van der Waals surface area (Å²) in [5, 5.41) is 13.1. The van der Waals surface area contributed by atoms with Gasteiger partial charge in [0.2, 0.25) is 11.8 Å². The highest BCUT2D eigenvalue weighted by atomic mass is 16.4. The quantitative estimate of drug-likeness (QED) is 0.657. The van der Waals surface area contributed by atoms with E-state index in [0.717, 1.165) is 13.0 Å². The van der Waals surface area contributed by atoms with Gasteiger partial charge in [-0.2, -0.15) is 0 Å². The second-order valence-electron chi connectivity index (χ2n) is 4.23. The third-order valence-corrected chi connectivity index (χ3v) is 1.94. The molecule has 0 bridgehead atoms. The fourth-order valence-electron chi connectivity index (χ4n) is 0.882. The summed E-state index contributed by atoms with van der Waals surface area (Å²) in [5.41, 5.74) is 0. The molecule has 106 valence electrons. The van der Waals surface area contributed by atoms with Crippen LogP contribution in [0.1, 0.15) is 40.0 Å². The molecule has 0 aliphatic carbocycles. The van der Waals surface area contributed by atoms with Crippen LogP contribution in [-0.4, -0.2) is 36.5 Å². The summed E-state index contributed by atoms with van der Waals surface area (Å²) in [6.45, 7) is 6.64. The molecular formula is C12H24N2O4. The van der Waals surface area contributed by atoms with Crippen LogP contribution in [0.5, 0.6) is 0 Å². The monoisotopic (exact) mass is 260 g/mol. The highest BCUT2D eigenvalue weighted by molar-refractivity contribution is 5.80. The molecule has 0 aliphatic heterocycles. The predicted molar refractivity (Wildman–Crippen MR) is 69.1 cm³/mol. The van der Waals surface area contributed by atoms with Gasteiger partial charge in [-0.15, -0.1) is 0 Å². The molecule has 0 aromatic carbocycles. The first-order valence-electron chi connectivity index (χ1n) is 5.96. The van der Waals surface area contributed by atoms with E-state index in [9.17, 15) is 14.4 Å². The lowest BCUT2D eigenvalue weighted by molar-refractivity contribution is -0.138. The lowest BCUT2D eigenvalue weighted by Gasteiger charge is -2.03. The van der Waals surface area contributed by atoms with Gasteiger partial charge in [0.05, 0.1) is 6.42 Å². The van der Waals surface area contributed by atoms with Crippen LogP contribution in [0.3, 0.4) is 0 Å². The van der Waals surface area contributed by atoms with Crippen LogP contribution < -0.4 is 10.6 Å². The van der Waals surface area contributed by atoms with Crippen molar-refractivity contribution in [3.8, 4) is 0 Å². The first-order valence-corrected chi connectivity index (χ1v) is 5.96. The fourth-order valence-corrected chi connectivity index (χ4v) is 0.882. The second-order valence-corrected chi connectivity index (χ2v) is 4.23. The molecular weight excluding hydrogens is 236 g/mol. The van der Waals surface area contributed by atoms with E-state index in [2.05, 4.69) is 24.5 Å². The molecule has 0 fully saturated rings. The van der Waals surface area contributed by atoms with Gasteiger partial charge < -0.3 is 15.7 Å². The number of carbonyl (C=O) groups excluding carboxylic acids is 2. The largest absolute Gasteiger partial charge is 0.481 e. The number of carboxylic acids is 1. The van der Waals surface area contributed by atoms with E-state index in [1.807, 2.05) is 0 Å². The van der Waals surface area contributed by atoms with Crippen molar-refractivity contribution < 1.29 is 19.5 Å². The van der Waals surface area contributed by atoms with Crippen molar-refractivity contribution in [1.29, 1.82) is 0 Å². The maximum absolute atomic E-state index is 10.3. The Morgan fingerprint density at radius 2 is 1.72 bits per heavy atom. The third-order valence-electron chi connectivity index (χ3n) is 1.94. The summed E-state index contributed by atoms with van der Waals surface area (Å²) in [4.78, 5) is 30.5. The lowest BCUT2D eigenvalue weighted by Crippen LogP contribution is -2.21. The van der Waals surface area contributed by atoms with Crippen LogP contribution in [0.25, 0.3) is 0 Å². The Balaban J connectivity index is 0. The van der Waals surface area contributed by atoms with Gasteiger partial charge in [-0.3, -0.25) is 14.4 Å². The van der Waals surface area contributed by atoms with E-state index in [4.69, 9.17) is 5.11 Å². The van der Waals surface area contributed by atoms with E-state index >= 15 is 0 Å². The first kappa shape index (κ1) is 18.8. The van der Waals surface area contributed by atoms with E-state index in [-0.39, 0.29) is 24.7 Å². The molecule has 0 unspecified atom stereocenters. The van der Waals surface area contributed by atoms with Crippen LogP contribution in [0, 0.1) is 5.92 Å². The molecule has 0 spiro atoms. The highest BCUT2D eigenvalue weighted by Crippen LogP contribution is 1.95. The van der Waals surface area contributed by atoms with Crippen LogP contribution in [0.2, 0.25) is 0 Å². The van der Waals surface area contributed by atoms with Crippen molar-refractivity contribution >= 4 is 17.8 Å². The molecule has 0 aromatic heterocycles. The summed E-state index contributed by atoms with van der Waals surface area (Å²) in [6, 6.07) is 0. The molecule has 0 atom stereocenters. The minimum Gasteiger partial charge on any atom is -0.481 e. The highest BCUT2D eigenvalue weighted by Gasteiger charge is 2.01. The second kappa shape index (κ2) is 11.9.